The monoisotopic (exact) mass is 520 g/mol. The largest absolute Gasteiger partial charge is 1.00 e. The molecule has 0 saturated heterocycles. The Morgan fingerprint density at radius 3 is 1.68 bits per heavy atom. The summed E-state index contributed by atoms with van der Waals surface area (Å²) in [6.45, 7) is 1.58. The average molecular weight is 521 g/mol. The number of carbonyl (C=O) groups is 4. The Balaban J connectivity index is 0. The number of carboxylic acid groups (broad SMARTS) is 1. The zero-order valence-corrected chi connectivity index (χ0v) is 22.9. The predicted molar refractivity (Wildman–Crippen MR) is 123 cm³/mol. The summed E-state index contributed by atoms with van der Waals surface area (Å²) in [5, 5.41) is 8.52. The molecule has 34 heavy (non-hydrogen) atoms. The van der Waals surface area contributed by atoms with E-state index in [2.05, 4.69) is 9.97 Å². The molecule has 14 heteroatoms. The molecule has 0 atom stereocenters. The van der Waals surface area contributed by atoms with Gasteiger partial charge < -0.3 is 35.1 Å². The standard InChI is InChI=1S/C11H14N2O3S.C9H10N2O3S.Na.H2O/c1-3-16-9(14)7-13(2)11(15)8-5-4-6-12-10(8)17;1-11(5-7(12)13)9(14)6-3-2-4-10-8(6)15;;/h4-6H,3,7H2,1-2H3,(H,12,17);2-4H,5H2,1H3,(H,10,15)(H,12,13);;1H2/q;;+1;/p-1. The molecule has 0 saturated carbocycles. The van der Waals surface area contributed by atoms with Gasteiger partial charge in [0.1, 0.15) is 22.4 Å². The van der Waals surface area contributed by atoms with Crippen LogP contribution in [0.2, 0.25) is 0 Å². The molecule has 2 aromatic rings. The van der Waals surface area contributed by atoms with Crippen LogP contribution in [0.15, 0.2) is 36.7 Å². The van der Waals surface area contributed by atoms with Gasteiger partial charge in [-0.05, 0) is 31.2 Å². The first-order valence-corrected chi connectivity index (χ1v) is 10.1. The number of rotatable bonds is 7. The minimum atomic E-state index is -1.06. The van der Waals surface area contributed by atoms with E-state index in [1.165, 1.54) is 19.0 Å². The van der Waals surface area contributed by atoms with E-state index < -0.39 is 17.8 Å². The number of nitrogens with one attached hydrogen (secondary N) is 2. The summed E-state index contributed by atoms with van der Waals surface area (Å²) < 4.78 is 5.42. The van der Waals surface area contributed by atoms with E-state index in [4.69, 9.17) is 34.3 Å². The second kappa shape index (κ2) is 17.1. The van der Waals surface area contributed by atoms with Gasteiger partial charge >= 0.3 is 41.5 Å². The number of carboxylic acids is 1. The van der Waals surface area contributed by atoms with Gasteiger partial charge in [-0.2, -0.15) is 0 Å². The number of hydrogen-bond donors (Lipinski definition) is 3. The second-order valence-corrected chi connectivity index (χ2v) is 7.16. The fraction of sp³-hybridized carbons (Fsp3) is 0.300. The predicted octanol–water partition coefficient (Wildman–Crippen LogP) is -0.893. The molecular formula is C20H25N4NaO7S2. The molecular weight excluding hydrogens is 495 g/mol. The normalized spacial score (nSPS) is 9.15. The number of amides is 2. The molecule has 0 unspecified atom stereocenters. The second-order valence-electron chi connectivity index (χ2n) is 6.35. The Morgan fingerprint density at radius 2 is 1.32 bits per heavy atom. The molecule has 2 aromatic heterocycles. The summed E-state index contributed by atoms with van der Waals surface area (Å²) in [6, 6.07) is 6.49. The van der Waals surface area contributed by atoms with Gasteiger partial charge in [0, 0.05) is 26.5 Å². The van der Waals surface area contributed by atoms with Crippen molar-refractivity contribution in [3.63, 3.8) is 0 Å². The Bertz CT molecular complexity index is 1090. The summed E-state index contributed by atoms with van der Waals surface area (Å²) in [5.41, 5.74) is 0.672. The number of aromatic amines is 2. The molecule has 2 rings (SSSR count). The van der Waals surface area contributed by atoms with Crippen molar-refractivity contribution >= 4 is 48.2 Å². The van der Waals surface area contributed by atoms with Crippen LogP contribution in [0.1, 0.15) is 27.6 Å². The molecule has 0 aromatic carbocycles. The molecule has 2 heterocycles. The van der Waals surface area contributed by atoms with E-state index in [1.54, 1.807) is 43.6 Å². The number of likely N-dealkylation sites (N-methyl/N-ethyl adjacent to an activating group) is 2. The van der Waals surface area contributed by atoms with E-state index in [-0.39, 0.29) is 54.0 Å². The first-order valence-electron chi connectivity index (χ1n) is 9.32. The first-order chi connectivity index (χ1) is 15.1. The van der Waals surface area contributed by atoms with Crippen LogP contribution in [0.5, 0.6) is 0 Å². The zero-order chi connectivity index (χ0) is 24.3. The average Bonchev–Trinajstić information content (AvgIpc) is 2.73. The van der Waals surface area contributed by atoms with Crippen LogP contribution in [0.4, 0.5) is 0 Å². The van der Waals surface area contributed by atoms with Crippen molar-refractivity contribution in [2.24, 2.45) is 0 Å². The van der Waals surface area contributed by atoms with E-state index in [1.807, 2.05) is 0 Å². The van der Waals surface area contributed by atoms with Gasteiger partial charge in [-0.3, -0.25) is 19.2 Å². The van der Waals surface area contributed by atoms with Crippen molar-refractivity contribution in [3.8, 4) is 0 Å². The van der Waals surface area contributed by atoms with E-state index >= 15 is 0 Å². The van der Waals surface area contributed by atoms with E-state index in [9.17, 15) is 19.2 Å². The summed E-state index contributed by atoms with van der Waals surface area (Å²) in [5.74, 6) is -2.20. The van der Waals surface area contributed by atoms with Crippen LogP contribution in [0.25, 0.3) is 0 Å². The van der Waals surface area contributed by atoms with Gasteiger partial charge in [-0.15, -0.1) is 0 Å². The Morgan fingerprint density at radius 1 is 0.912 bits per heavy atom. The molecule has 4 N–H and O–H groups in total. The van der Waals surface area contributed by atoms with Crippen LogP contribution < -0.4 is 29.6 Å². The maximum Gasteiger partial charge on any atom is 1.00 e. The third kappa shape index (κ3) is 11.1. The Hall–Kier alpha value is -2.42. The Labute approximate surface area is 228 Å². The number of H-pyrrole nitrogens is 2. The number of nitrogens with zero attached hydrogens (tertiary/aromatic N) is 2. The molecule has 0 aliphatic rings. The van der Waals surface area contributed by atoms with Crippen LogP contribution in [-0.4, -0.2) is 87.9 Å². The minimum Gasteiger partial charge on any atom is -0.870 e. The summed E-state index contributed by atoms with van der Waals surface area (Å²) in [7, 11) is 2.94. The molecule has 0 spiro atoms. The Kier molecular flexibility index (Phi) is 17.0. The van der Waals surface area contributed by atoms with Crippen molar-refractivity contribution in [1.29, 1.82) is 0 Å². The summed E-state index contributed by atoms with van der Waals surface area (Å²) in [4.78, 5) is 53.1. The summed E-state index contributed by atoms with van der Waals surface area (Å²) in [6.07, 6.45) is 3.25. The third-order valence-corrected chi connectivity index (χ3v) is 4.51. The first kappa shape index (κ1) is 33.8. The molecule has 11 nitrogen and oxygen atoms in total. The van der Waals surface area contributed by atoms with Crippen molar-refractivity contribution in [2.75, 3.05) is 33.8 Å². The fourth-order valence-corrected chi connectivity index (χ4v) is 2.78. The van der Waals surface area contributed by atoms with Crippen LogP contribution in [-0.2, 0) is 14.3 Å². The van der Waals surface area contributed by atoms with Crippen molar-refractivity contribution in [3.05, 3.63) is 57.1 Å². The fourth-order valence-electron chi connectivity index (χ4n) is 2.34. The zero-order valence-electron chi connectivity index (χ0n) is 19.2. The van der Waals surface area contributed by atoms with Gasteiger partial charge in [0.05, 0.1) is 17.7 Å². The van der Waals surface area contributed by atoms with Gasteiger partial charge in [0.15, 0.2) is 0 Å². The minimum absolute atomic E-state index is 0. The van der Waals surface area contributed by atoms with Crippen LogP contribution in [0, 0.1) is 9.28 Å². The van der Waals surface area contributed by atoms with Gasteiger partial charge in [0.25, 0.3) is 11.8 Å². The number of ether oxygens (including phenoxy) is 1. The molecule has 0 radical (unpaired) electrons. The van der Waals surface area contributed by atoms with Crippen molar-refractivity contribution in [2.45, 2.75) is 6.92 Å². The van der Waals surface area contributed by atoms with E-state index in [0.29, 0.717) is 27.0 Å². The number of aromatic nitrogens is 2. The number of pyridine rings is 2. The molecule has 0 bridgehead atoms. The van der Waals surface area contributed by atoms with Crippen LogP contribution in [0.3, 0.4) is 0 Å². The van der Waals surface area contributed by atoms with E-state index in [0.717, 1.165) is 4.90 Å². The SMILES string of the molecule is CCOC(=O)CN(C)C(=O)c1ccc[nH]c1=S.CN(CC(=O)O)C(=O)c1ccc[nH]c1=S.[Na+].[OH-]. The molecule has 0 aliphatic carbocycles. The number of aliphatic carboxylic acids is 1. The van der Waals surface area contributed by atoms with Gasteiger partial charge in [0.2, 0.25) is 0 Å². The third-order valence-electron chi connectivity index (χ3n) is 3.83. The molecule has 2 amide bonds. The van der Waals surface area contributed by atoms with Crippen molar-refractivity contribution < 1.29 is 64.1 Å². The number of carbonyl (C=O) groups excluding carboxylic acids is 3. The number of hydrogen-bond acceptors (Lipinski definition) is 8. The quantitative estimate of drug-likeness (QED) is 0.238. The molecule has 0 aliphatic heterocycles. The number of esters is 1. The maximum atomic E-state index is 11.9. The maximum absolute atomic E-state index is 11.9. The van der Waals surface area contributed by atoms with Gasteiger partial charge in [-0.25, -0.2) is 0 Å². The van der Waals surface area contributed by atoms with Gasteiger partial charge in [-0.1, -0.05) is 24.4 Å². The summed E-state index contributed by atoms with van der Waals surface area (Å²) >= 11 is 9.90. The molecule has 0 fully saturated rings. The molecule has 180 valence electrons. The smallest absolute Gasteiger partial charge is 0.870 e. The van der Waals surface area contributed by atoms with Crippen LogP contribution >= 0.6 is 24.4 Å². The topological polar surface area (TPSA) is 166 Å². The van der Waals surface area contributed by atoms with Crippen molar-refractivity contribution in [1.82, 2.24) is 19.8 Å².